The summed E-state index contributed by atoms with van der Waals surface area (Å²) >= 11 is 0. The fraction of sp³-hybridized carbons (Fsp3) is 0.231. The van der Waals surface area contributed by atoms with E-state index in [1.165, 1.54) is 25.5 Å². The predicted molar refractivity (Wildman–Crippen MR) is 60.5 cm³/mol. The molecule has 17 heavy (non-hydrogen) atoms. The summed E-state index contributed by atoms with van der Waals surface area (Å²) in [6, 6.07) is 6.02. The Kier molecular flexibility index (Phi) is 3.15. The molecule has 0 saturated carbocycles. The van der Waals surface area contributed by atoms with Crippen LogP contribution in [0, 0.1) is 12.7 Å². The first kappa shape index (κ1) is 11.7. The Morgan fingerprint density at radius 2 is 2.12 bits per heavy atom. The lowest BCUT2D eigenvalue weighted by Crippen LogP contribution is -2.01. The quantitative estimate of drug-likeness (QED) is 0.891. The van der Waals surface area contributed by atoms with Crippen LogP contribution < -0.4 is 4.74 Å². The number of ether oxygens (including phenoxy) is 1. The van der Waals surface area contributed by atoms with Crippen LogP contribution in [0.4, 0.5) is 4.39 Å². The Labute approximate surface area is 98.5 Å². The molecule has 0 amide bonds. The van der Waals surface area contributed by atoms with Gasteiger partial charge in [0.25, 0.3) is 0 Å². The van der Waals surface area contributed by atoms with E-state index in [4.69, 9.17) is 9.15 Å². The number of aliphatic hydroxyl groups is 1. The predicted octanol–water partition coefficient (Wildman–Crippen LogP) is 2.82. The summed E-state index contributed by atoms with van der Waals surface area (Å²) in [5.74, 6) is 0.588. The fourth-order valence-electron chi connectivity index (χ4n) is 1.64. The highest BCUT2D eigenvalue weighted by Gasteiger charge is 2.17. The Balaban J connectivity index is 2.34. The third-order valence-corrected chi connectivity index (χ3v) is 2.57. The van der Waals surface area contributed by atoms with Crippen LogP contribution >= 0.6 is 0 Å². The van der Waals surface area contributed by atoms with Gasteiger partial charge < -0.3 is 14.3 Å². The normalized spacial score (nSPS) is 12.5. The maximum absolute atomic E-state index is 13.7. The number of rotatable bonds is 3. The minimum atomic E-state index is -1.03. The zero-order valence-corrected chi connectivity index (χ0v) is 9.61. The Bertz CT molecular complexity index is 519. The Hall–Kier alpha value is -1.81. The second-order valence-electron chi connectivity index (χ2n) is 3.78. The Morgan fingerprint density at radius 1 is 1.35 bits per heavy atom. The SMILES string of the molecule is COc1ccc(C(O)c2coc(C)c2)c(F)c1. The molecular weight excluding hydrogens is 223 g/mol. The molecule has 0 aliphatic rings. The van der Waals surface area contributed by atoms with Gasteiger partial charge in [-0.25, -0.2) is 4.39 Å². The van der Waals surface area contributed by atoms with Crippen LogP contribution in [0.15, 0.2) is 34.9 Å². The molecule has 0 fully saturated rings. The van der Waals surface area contributed by atoms with Crippen molar-refractivity contribution in [2.45, 2.75) is 13.0 Å². The van der Waals surface area contributed by atoms with Crippen LogP contribution in [0.5, 0.6) is 5.75 Å². The number of aryl methyl sites for hydroxylation is 1. The van der Waals surface area contributed by atoms with Crippen molar-refractivity contribution in [2.75, 3.05) is 7.11 Å². The number of methoxy groups -OCH3 is 1. The molecule has 4 heteroatoms. The van der Waals surface area contributed by atoms with Gasteiger partial charge in [0, 0.05) is 17.2 Å². The highest BCUT2D eigenvalue weighted by atomic mass is 19.1. The van der Waals surface area contributed by atoms with Crippen LogP contribution in [0.3, 0.4) is 0 Å². The molecule has 2 aromatic rings. The van der Waals surface area contributed by atoms with E-state index in [0.717, 1.165) is 0 Å². The smallest absolute Gasteiger partial charge is 0.133 e. The van der Waals surface area contributed by atoms with Gasteiger partial charge in [-0.3, -0.25) is 0 Å². The van der Waals surface area contributed by atoms with Crippen molar-refractivity contribution in [1.29, 1.82) is 0 Å². The van der Waals surface area contributed by atoms with Gasteiger partial charge in [0.15, 0.2) is 0 Å². The maximum Gasteiger partial charge on any atom is 0.133 e. The molecule has 1 atom stereocenters. The number of aliphatic hydroxyl groups excluding tert-OH is 1. The van der Waals surface area contributed by atoms with E-state index in [9.17, 15) is 9.50 Å². The van der Waals surface area contributed by atoms with Crippen molar-refractivity contribution in [2.24, 2.45) is 0 Å². The number of benzene rings is 1. The third kappa shape index (κ3) is 2.31. The first-order valence-corrected chi connectivity index (χ1v) is 5.18. The summed E-state index contributed by atoms with van der Waals surface area (Å²) in [6.45, 7) is 1.76. The summed E-state index contributed by atoms with van der Waals surface area (Å²) in [5, 5.41) is 10.0. The fourth-order valence-corrected chi connectivity index (χ4v) is 1.64. The van der Waals surface area contributed by atoms with Crippen LogP contribution in [0.25, 0.3) is 0 Å². The van der Waals surface area contributed by atoms with Gasteiger partial charge in [-0.05, 0) is 25.1 Å². The molecule has 0 aliphatic heterocycles. The minimum absolute atomic E-state index is 0.201. The van der Waals surface area contributed by atoms with E-state index in [0.29, 0.717) is 17.1 Å². The molecule has 3 nitrogen and oxygen atoms in total. The topological polar surface area (TPSA) is 42.6 Å². The second kappa shape index (κ2) is 4.59. The molecule has 1 unspecified atom stereocenters. The van der Waals surface area contributed by atoms with Crippen molar-refractivity contribution >= 4 is 0 Å². The molecule has 2 rings (SSSR count). The zero-order valence-electron chi connectivity index (χ0n) is 9.61. The average Bonchev–Trinajstić information content (AvgIpc) is 2.75. The van der Waals surface area contributed by atoms with Crippen molar-refractivity contribution in [3.05, 3.63) is 53.2 Å². The van der Waals surface area contributed by atoms with Gasteiger partial charge in [-0.2, -0.15) is 0 Å². The molecular formula is C13H13FO3. The summed E-state index contributed by atoms with van der Waals surface area (Å²) < 4.78 is 23.7. The van der Waals surface area contributed by atoms with Crippen molar-refractivity contribution in [1.82, 2.24) is 0 Å². The summed E-state index contributed by atoms with van der Waals surface area (Å²) in [7, 11) is 1.46. The lowest BCUT2D eigenvalue weighted by Gasteiger charge is -2.10. The molecule has 0 radical (unpaired) electrons. The van der Waals surface area contributed by atoms with Gasteiger partial charge in [0.2, 0.25) is 0 Å². The average molecular weight is 236 g/mol. The highest BCUT2D eigenvalue weighted by Crippen LogP contribution is 2.27. The molecule has 1 N–H and O–H groups in total. The van der Waals surface area contributed by atoms with E-state index in [1.54, 1.807) is 19.1 Å². The molecule has 0 spiro atoms. The van der Waals surface area contributed by atoms with Crippen molar-refractivity contribution in [3.8, 4) is 5.75 Å². The summed E-state index contributed by atoms with van der Waals surface area (Å²) in [4.78, 5) is 0. The molecule has 0 bridgehead atoms. The molecule has 1 aromatic heterocycles. The van der Waals surface area contributed by atoms with E-state index in [2.05, 4.69) is 0 Å². The van der Waals surface area contributed by atoms with Gasteiger partial charge in [0.1, 0.15) is 23.4 Å². The van der Waals surface area contributed by atoms with Gasteiger partial charge in [-0.1, -0.05) is 0 Å². The van der Waals surface area contributed by atoms with Crippen molar-refractivity contribution < 1.29 is 18.7 Å². The molecule has 90 valence electrons. The maximum atomic E-state index is 13.7. The lowest BCUT2D eigenvalue weighted by atomic mass is 10.0. The highest BCUT2D eigenvalue weighted by molar-refractivity contribution is 5.34. The van der Waals surface area contributed by atoms with E-state index in [-0.39, 0.29) is 5.56 Å². The monoisotopic (exact) mass is 236 g/mol. The lowest BCUT2D eigenvalue weighted by molar-refractivity contribution is 0.213. The van der Waals surface area contributed by atoms with Gasteiger partial charge in [-0.15, -0.1) is 0 Å². The summed E-state index contributed by atoms with van der Waals surface area (Å²) in [5.41, 5.74) is 0.734. The zero-order chi connectivity index (χ0) is 12.4. The number of halogens is 1. The largest absolute Gasteiger partial charge is 0.497 e. The third-order valence-electron chi connectivity index (χ3n) is 2.57. The first-order valence-electron chi connectivity index (χ1n) is 5.18. The second-order valence-corrected chi connectivity index (χ2v) is 3.78. The molecule has 0 aliphatic carbocycles. The summed E-state index contributed by atoms with van der Waals surface area (Å²) in [6.07, 6.45) is 0.391. The Morgan fingerprint density at radius 3 is 2.65 bits per heavy atom. The van der Waals surface area contributed by atoms with E-state index >= 15 is 0 Å². The number of hydrogen-bond donors (Lipinski definition) is 1. The number of hydrogen-bond acceptors (Lipinski definition) is 3. The van der Waals surface area contributed by atoms with Crippen LogP contribution in [-0.2, 0) is 0 Å². The molecule has 1 aromatic carbocycles. The number of furan rings is 1. The van der Waals surface area contributed by atoms with Crippen molar-refractivity contribution in [3.63, 3.8) is 0 Å². The van der Waals surface area contributed by atoms with E-state index < -0.39 is 11.9 Å². The van der Waals surface area contributed by atoms with Crippen LogP contribution in [-0.4, -0.2) is 12.2 Å². The minimum Gasteiger partial charge on any atom is -0.497 e. The standard InChI is InChI=1S/C13H13FO3/c1-8-5-9(7-17-8)13(15)11-4-3-10(16-2)6-12(11)14/h3-7,13,15H,1-2H3. The van der Waals surface area contributed by atoms with Crippen LogP contribution in [0.1, 0.15) is 23.0 Å². The van der Waals surface area contributed by atoms with E-state index in [1.807, 2.05) is 0 Å². The van der Waals surface area contributed by atoms with Gasteiger partial charge in [0.05, 0.1) is 13.4 Å². The molecule has 1 heterocycles. The van der Waals surface area contributed by atoms with Gasteiger partial charge >= 0.3 is 0 Å². The first-order chi connectivity index (χ1) is 8.11. The van der Waals surface area contributed by atoms with Crippen LogP contribution in [0.2, 0.25) is 0 Å². The molecule has 0 saturated heterocycles.